The number of hydrazone groups is 1. The number of nitrogens with one attached hydrogen (secondary N) is 2. The van der Waals surface area contributed by atoms with Gasteiger partial charge in [0.25, 0.3) is 11.8 Å². The monoisotopic (exact) mass is 427 g/mol. The molecule has 2 amide bonds. The van der Waals surface area contributed by atoms with Crippen molar-refractivity contribution in [2.24, 2.45) is 5.10 Å². The minimum atomic E-state index is -1.53. The lowest BCUT2D eigenvalue weighted by Gasteiger charge is -2.31. The average molecular weight is 428 g/mol. The van der Waals surface area contributed by atoms with Crippen molar-refractivity contribution in [3.63, 3.8) is 0 Å². The number of carbonyl (C=O) groups excluding carboxylic acids is 2. The molecule has 3 aromatic carbocycles. The Morgan fingerprint density at radius 1 is 0.906 bits per heavy atom. The van der Waals surface area contributed by atoms with Crippen molar-refractivity contribution in [3.8, 4) is 0 Å². The summed E-state index contributed by atoms with van der Waals surface area (Å²) >= 11 is 0. The van der Waals surface area contributed by atoms with Crippen LogP contribution < -0.4 is 20.5 Å². The van der Waals surface area contributed by atoms with Crippen LogP contribution in [0.25, 0.3) is 0 Å². The van der Waals surface area contributed by atoms with Gasteiger partial charge in [-0.25, -0.2) is 0 Å². The van der Waals surface area contributed by atoms with E-state index in [4.69, 9.17) is 0 Å². The van der Waals surface area contributed by atoms with Crippen LogP contribution in [0.4, 0.5) is 17.1 Å². The van der Waals surface area contributed by atoms with Gasteiger partial charge in [0.2, 0.25) is 5.66 Å². The first kappa shape index (κ1) is 21.1. The molecule has 0 fully saturated rings. The number of amides is 2. The Bertz CT molecular complexity index is 1140. The fourth-order valence-electron chi connectivity index (χ4n) is 3.54. The van der Waals surface area contributed by atoms with Gasteiger partial charge in [-0.1, -0.05) is 36.4 Å². The van der Waals surface area contributed by atoms with Crippen molar-refractivity contribution in [2.45, 2.75) is 12.6 Å². The highest BCUT2D eigenvalue weighted by atomic mass is 16.2. The normalized spacial score (nSPS) is 17.7. The van der Waals surface area contributed by atoms with Crippen LogP contribution in [-0.4, -0.2) is 37.3 Å². The molecular formula is C25H25N5O2. The van der Waals surface area contributed by atoms with Crippen LogP contribution in [0, 0.1) is 0 Å². The quantitative estimate of drug-likeness (QED) is 0.588. The maximum absolute atomic E-state index is 13.7. The Balaban J connectivity index is 1.72. The summed E-state index contributed by atoms with van der Waals surface area (Å²) in [7, 11) is 3.91. The Labute approximate surface area is 187 Å². The van der Waals surface area contributed by atoms with Gasteiger partial charge in [0.15, 0.2) is 0 Å². The Kier molecular flexibility index (Phi) is 5.64. The van der Waals surface area contributed by atoms with E-state index in [0.29, 0.717) is 22.6 Å². The lowest BCUT2D eigenvalue weighted by molar-refractivity contribution is -0.120. The average Bonchev–Trinajstić information content (AvgIpc) is 3.05. The van der Waals surface area contributed by atoms with Gasteiger partial charge in [0.1, 0.15) is 0 Å². The van der Waals surface area contributed by atoms with E-state index in [2.05, 4.69) is 15.7 Å². The molecule has 162 valence electrons. The summed E-state index contributed by atoms with van der Waals surface area (Å²) in [4.78, 5) is 28.8. The molecule has 0 saturated heterocycles. The lowest BCUT2D eigenvalue weighted by Crippen LogP contribution is -2.64. The van der Waals surface area contributed by atoms with E-state index in [1.807, 2.05) is 67.5 Å². The van der Waals surface area contributed by atoms with Gasteiger partial charge in [-0.05, 0) is 55.5 Å². The minimum Gasteiger partial charge on any atom is -0.378 e. The van der Waals surface area contributed by atoms with Gasteiger partial charge >= 0.3 is 0 Å². The Morgan fingerprint density at radius 3 is 2.09 bits per heavy atom. The number of hydrogen-bond donors (Lipinski definition) is 2. The summed E-state index contributed by atoms with van der Waals surface area (Å²) in [6, 6.07) is 25.6. The van der Waals surface area contributed by atoms with Gasteiger partial charge in [-0.15, -0.1) is 0 Å². The first-order valence-electron chi connectivity index (χ1n) is 10.3. The van der Waals surface area contributed by atoms with Crippen molar-refractivity contribution >= 4 is 34.6 Å². The second-order valence-corrected chi connectivity index (χ2v) is 7.77. The maximum Gasteiger partial charge on any atom is 0.300 e. The molecule has 0 aromatic heterocycles. The molecule has 0 aliphatic carbocycles. The molecule has 1 heterocycles. The maximum atomic E-state index is 13.7. The fourth-order valence-corrected chi connectivity index (χ4v) is 3.54. The van der Waals surface area contributed by atoms with Crippen molar-refractivity contribution < 1.29 is 9.59 Å². The first-order chi connectivity index (χ1) is 15.4. The molecule has 1 atom stereocenters. The smallest absolute Gasteiger partial charge is 0.300 e. The minimum absolute atomic E-state index is 0.374. The second-order valence-electron chi connectivity index (χ2n) is 7.77. The summed E-state index contributed by atoms with van der Waals surface area (Å²) in [5.74, 6) is -0.761. The van der Waals surface area contributed by atoms with Crippen LogP contribution in [0.5, 0.6) is 0 Å². The molecule has 7 nitrogen and oxygen atoms in total. The Morgan fingerprint density at radius 2 is 1.50 bits per heavy atom. The molecule has 1 unspecified atom stereocenters. The third-order valence-electron chi connectivity index (χ3n) is 5.36. The molecule has 2 N–H and O–H groups in total. The van der Waals surface area contributed by atoms with Crippen molar-refractivity contribution in [2.75, 3.05) is 29.3 Å². The van der Waals surface area contributed by atoms with Gasteiger partial charge in [0, 0.05) is 31.0 Å². The van der Waals surface area contributed by atoms with E-state index in [0.717, 1.165) is 5.69 Å². The molecule has 3 aromatic rings. The summed E-state index contributed by atoms with van der Waals surface area (Å²) < 4.78 is 0. The molecule has 32 heavy (non-hydrogen) atoms. The van der Waals surface area contributed by atoms with E-state index < -0.39 is 5.66 Å². The molecule has 1 aliphatic heterocycles. The fraction of sp³-hybridized carbons (Fsp3) is 0.160. The summed E-state index contributed by atoms with van der Waals surface area (Å²) in [5, 5.41) is 12.0. The first-order valence-corrected chi connectivity index (χ1v) is 10.3. The SMILES string of the molecule is CC1=NN(c2ccccc2)C(=O)C1(NC(=O)c1ccccc1)Nc1ccc(N(C)C)cc1. The summed E-state index contributed by atoms with van der Waals surface area (Å²) in [6.07, 6.45) is 0. The zero-order valence-corrected chi connectivity index (χ0v) is 18.2. The third-order valence-corrected chi connectivity index (χ3v) is 5.36. The Hall–Kier alpha value is -4.13. The highest BCUT2D eigenvalue weighted by Gasteiger charge is 2.51. The molecule has 4 rings (SSSR count). The molecule has 0 bridgehead atoms. The van der Waals surface area contributed by atoms with E-state index in [-0.39, 0.29) is 11.8 Å². The van der Waals surface area contributed by atoms with E-state index in [1.54, 1.807) is 43.3 Å². The third kappa shape index (κ3) is 3.92. The predicted octanol–water partition coefficient (Wildman–Crippen LogP) is 3.71. The summed E-state index contributed by atoms with van der Waals surface area (Å²) in [5.41, 5.74) is 1.69. The van der Waals surface area contributed by atoms with Crippen LogP contribution in [-0.2, 0) is 4.79 Å². The van der Waals surface area contributed by atoms with Crippen LogP contribution in [0.1, 0.15) is 17.3 Å². The molecule has 0 spiro atoms. The number of anilines is 3. The molecule has 7 heteroatoms. The summed E-state index contributed by atoms with van der Waals surface area (Å²) in [6.45, 7) is 1.73. The van der Waals surface area contributed by atoms with Gasteiger partial charge in [0.05, 0.1) is 11.4 Å². The number of para-hydroxylation sites is 1. The standard InChI is InChI=1S/C25H25N5O2/c1-18-25(27-23(31)19-10-6-4-7-11-19,26-20-14-16-21(17-15-20)29(2)3)24(32)30(28-18)22-12-8-5-9-13-22/h4-17,26H,1-3H3,(H,27,31). The number of benzene rings is 3. The van der Waals surface area contributed by atoms with E-state index >= 15 is 0 Å². The van der Waals surface area contributed by atoms with Crippen LogP contribution >= 0.6 is 0 Å². The largest absolute Gasteiger partial charge is 0.378 e. The predicted molar refractivity (Wildman–Crippen MR) is 128 cm³/mol. The zero-order chi connectivity index (χ0) is 22.7. The number of nitrogens with zero attached hydrogens (tertiary/aromatic N) is 3. The van der Waals surface area contributed by atoms with Crippen molar-refractivity contribution in [1.82, 2.24) is 5.32 Å². The van der Waals surface area contributed by atoms with Crippen LogP contribution in [0.3, 0.4) is 0 Å². The molecule has 1 aliphatic rings. The molecule has 0 saturated carbocycles. The number of hydrogen-bond acceptors (Lipinski definition) is 5. The lowest BCUT2D eigenvalue weighted by atomic mass is 10.0. The van der Waals surface area contributed by atoms with Gasteiger partial charge < -0.3 is 15.5 Å². The highest BCUT2D eigenvalue weighted by Crippen LogP contribution is 2.29. The van der Waals surface area contributed by atoms with Crippen LogP contribution in [0.2, 0.25) is 0 Å². The van der Waals surface area contributed by atoms with Gasteiger partial charge in [-0.3, -0.25) is 9.59 Å². The van der Waals surface area contributed by atoms with Gasteiger partial charge in [-0.2, -0.15) is 10.1 Å². The topological polar surface area (TPSA) is 77.0 Å². The molecular weight excluding hydrogens is 402 g/mol. The molecule has 0 radical (unpaired) electrons. The van der Waals surface area contributed by atoms with Crippen molar-refractivity contribution in [1.29, 1.82) is 0 Å². The number of carbonyl (C=O) groups is 2. The van der Waals surface area contributed by atoms with E-state index in [9.17, 15) is 9.59 Å². The van der Waals surface area contributed by atoms with E-state index in [1.165, 1.54) is 5.01 Å². The van der Waals surface area contributed by atoms with Crippen LogP contribution in [0.15, 0.2) is 90.0 Å². The van der Waals surface area contributed by atoms with Crippen molar-refractivity contribution in [3.05, 3.63) is 90.5 Å². The number of rotatable bonds is 6. The second kappa shape index (κ2) is 8.55. The zero-order valence-electron chi connectivity index (χ0n) is 18.2. The highest BCUT2D eigenvalue weighted by molar-refractivity contribution is 6.25.